The van der Waals surface area contributed by atoms with Gasteiger partial charge in [0.15, 0.2) is 17.0 Å². The number of sulfonamides is 1. The highest BCUT2D eigenvalue weighted by molar-refractivity contribution is 7.93. The van der Waals surface area contributed by atoms with Gasteiger partial charge in [-0.15, -0.1) is 0 Å². The molecule has 3 aromatic heterocycles. The first-order valence-corrected chi connectivity index (χ1v) is 20.8. The van der Waals surface area contributed by atoms with E-state index in [1.54, 1.807) is 28.9 Å². The fourth-order valence-corrected chi connectivity index (χ4v) is 8.55. The lowest BCUT2D eigenvalue weighted by Gasteiger charge is -2.36. The van der Waals surface area contributed by atoms with Crippen LogP contribution in [0.15, 0.2) is 70.4 Å². The summed E-state index contributed by atoms with van der Waals surface area (Å²) in [7, 11) is -4.55. The number of hydrogen-bond donors (Lipinski definition) is 0. The van der Waals surface area contributed by atoms with Gasteiger partial charge in [0.2, 0.25) is 5.88 Å². The minimum Gasteiger partial charge on any atom is -0.480 e. The van der Waals surface area contributed by atoms with Crippen molar-refractivity contribution in [2.75, 3.05) is 18.0 Å². The second kappa shape index (κ2) is 13.4. The first-order chi connectivity index (χ1) is 23.4. The average Bonchev–Trinajstić information content (AvgIpc) is 3.74. The molecule has 254 valence electrons. The fraction of sp³-hybridized carbons (Fsp3) is 0.333. The number of nitro groups is 1. The Morgan fingerprint density at radius 3 is 2.69 bits per heavy atom. The summed E-state index contributed by atoms with van der Waals surface area (Å²) in [5.41, 5.74) is 2.10. The number of anilines is 1. The van der Waals surface area contributed by atoms with Gasteiger partial charge in [0.25, 0.3) is 15.7 Å². The number of benzene rings is 2. The van der Waals surface area contributed by atoms with Crippen molar-refractivity contribution in [2.24, 2.45) is 0 Å². The third-order valence-corrected chi connectivity index (χ3v) is 12.0. The predicted molar refractivity (Wildman–Crippen MR) is 183 cm³/mol. The van der Waals surface area contributed by atoms with Gasteiger partial charge in [-0.2, -0.15) is 10.4 Å². The molecule has 16 heteroatoms. The maximum absolute atomic E-state index is 14.8. The Morgan fingerprint density at radius 1 is 1.20 bits per heavy atom. The zero-order valence-electron chi connectivity index (χ0n) is 27.5. The van der Waals surface area contributed by atoms with Crippen LogP contribution in [0.2, 0.25) is 25.7 Å². The molecule has 0 N–H and O–H groups in total. The van der Waals surface area contributed by atoms with Gasteiger partial charge < -0.3 is 13.9 Å². The van der Waals surface area contributed by atoms with Crippen LogP contribution in [-0.4, -0.2) is 54.9 Å². The van der Waals surface area contributed by atoms with E-state index in [0.29, 0.717) is 59.5 Å². The summed E-state index contributed by atoms with van der Waals surface area (Å²) in [5.74, 6) is 0.434. The topological polar surface area (TPSA) is 180 Å². The third-order valence-electron chi connectivity index (χ3n) is 8.40. The summed E-state index contributed by atoms with van der Waals surface area (Å²) in [6.07, 6.45) is 4.31. The number of nitrogens with zero attached hydrogens (tertiary/aromatic N) is 7. The molecular formula is C33H35N7O7SSi. The van der Waals surface area contributed by atoms with Crippen LogP contribution < -0.4 is 9.04 Å². The second-order valence-electron chi connectivity index (χ2n) is 12.9. The van der Waals surface area contributed by atoms with Crippen molar-refractivity contribution >= 4 is 40.4 Å². The van der Waals surface area contributed by atoms with Crippen LogP contribution in [0.25, 0.3) is 22.4 Å². The maximum Gasteiger partial charge on any atom is 0.289 e. The van der Waals surface area contributed by atoms with Crippen LogP contribution in [-0.2, 0) is 27.9 Å². The van der Waals surface area contributed by atoms with Crippen LogP contribution in [0.1, 0.15) is 35.7 Å². The predicted octanol–water partition coefficient (Wildman–Crippen LogP) is 6.46. The molecule has 0 bridgehead atoms. The number of para-hydroxylation sites is 1. The zero-order chi connectivity index (χ0) is 34.9. The summed E-state index contributed by atoms with van der Waals surface area (Å²) < 4.78 is 49.5. The van der Waals surface area contributed by atoms with Gasteiger partial charge in [0.05, 0.1) is 41.2 Å². The number of nitriles is 1. The van der Waals surface area contributed by atoms with Crippen molar-refractivity contribution in [3.05, 3.63) is 88.1 Å². The lowest BCUT2D eigenvalue weighted by atomic mass is 9.90. The molecule has 1 unspecified atom stereocenters. The molecule has 2 aromatic carbocycles. The number of methoxy groups -OCH3 is 1. The highest BCUT2D eigenvalue weighted by Crippen LogP contribution is 2.44. The lowest BCUT2D eigenvalue weighted by molar-refractivity contribution is -0.387. The number of oxazole rings is 1. The van der Waals surface area contributed by atoms with E-state index in [0.717, 1.165) is 12.1 Å². The molecule has 49 heavy (non-hydrogen) atoms. The second-order valence-corrected chi connectivity index (χ2v) is 20.3. The van der Waals surface area contributed by atoms with Gasteiger partial charge in [-0.1, -0.05) is 31.8 Å². The molecule has 1 aliphatic carbocycles. The summed E-state index contributed by atoms with van der Waals surface area (Å²) in [5, 5.41) is 27.1. The van der Waals surface area contributed by atoms with E-state index >= 15 is 0 Å². The number of hydrogen-bond acceptors (Lipinski definition) is 11. The van der Waals surface area contributed by atoms with E-state index < -0.39 is 39.6 Å². The van der Waals surface area contributed by atoms with Crippen molar-refractivity contribution < 1.29 is 27.2 Å². The van der Waals surface area contributed by atoms with E-state index in [4.69, 9.17) is 19.0 Å². The molecule has 14 nitrogen and oxygen atoms in total. The number of ether oxygens (including phenoxy) is 2. The first kappa shape index (κ1) is 33.8. The summed E-state index contributed by atoms with van der Waals surface area (Å²) in [6, 6.07) is 14.2. The smallest absolute Gasteiger partial charge is 0.289 e. The van der Waals surface area contributed by atoms with E-state index in [9.17, 15) is 23.8 Å². The normalized spacial score (nSPS) is 14.7. The third kappa shape index (κ3) is 6.64. The SMILES string of the molecule is COc1nc2c(cc1C#N)CCCC2N(c1ccc2c(c1)c(-c1cnco1)nn2COCC[Si](C)(C)C)S(=O)(=O)c1ccccc1[N+](=O)[O-]. The Labute approximate surface area is 284 Å². The quantitative estimate of drug-likeness (QED) is 0.0603. The van der Waals surface area contributed by atoms with Crippen LogP contribution in [0.3, 0.4) is 0 Å². The average molecular weight is 702 g/mol. The number of rotatable bonds is 12. The molecule has 0 saturated carbocycles. The number of aromatic nitrogens is 4. The van der Waals surface area contributed by atoms with E-state index in [2.05, 4.69) is 35.7 Å². The van der Waals surface area contributed by atoms with Gasteiger partial charge in [0, 0.05) is 26.1 Å². The number of nitro benzene ring substituents is 1. The van der Waals surface area contributed by atoms with Gasteiger partial charge in [-0.05, 0) is 61.2 Å². The van der Waals surface area contributed by atoms with E-state index in [-0.39, 0.29) is 23.9 Å². The van der Waals surface area contributed by atoms with Gasteiger partial charge >= 0.3 is 0 Å². The van der Waals surface area contributed by atoms with Crippen molar-refractivity contribution in [1.82, 2.24) is 19.7 Å². The molecule has 0 fully saturated rings. The molecule has 0 radical (unpaired) electrons. The lowest BCUT2D eigenvalue weighted by Crippen LogP contribution is -2.37. The standard InChI is InChI=1S/C33H35N7O7SSi/c1-45-33-23(18-34)16-22-8-7-10-28(31(22)36-33)39(48(43,44)30-11-6-5-9-27(30)40(41)42)24-12-13-26-25(17-24)32(29-19-35-20-47-29)37-38(26)21-46-14-15-49(2,3)4/h5-6,9,11-13,16-17,19-20,28H,7-8,10,14-15,21H2,1-4H3. The molecule has 0 spiro atoms. The number of pyridine rings is 1. The van der Waals surface area contributed by atoms with Crippen LogP contribution in [0.5, 0.6) is 5.88 Å². The fourth-order valence-electron chi connectivity index (χ4n) is 5.99. The van der Waals surface area contributed by atoms with Crippen molar-refractivity contribution in [3.8, 4) is 23.4 Å². The first-order valence-electron chi connectivity index (χ1n) is 15.7. The largest absolute Gasteiger partial charge is 0.480 e. The Kier molecular flexibility index (Phi) is 9.25. The monoisotopic (exact) mass is 701 g/mol. The number of fused-ring (bicyclic) bond motifs is 2. The molecule has 0 saturated heterocycles. The van der Waals surface area contributed by atoms with Crippen molar-refractivity contribution in [2.45, 2.75) is 62.6 Å². The molecular weight excluding hydrogens is 667 g/mol. The molecule has 6 rings (SSSR count). The molecule has 5 aromatic rings. The van der Waals surface area contributed by atoms with E-state index in [1.165, 1.54) is 42.2 Å². The molecule has 0 aliphatic heterocycles. The highest BCUT2D eigenvalue weighted by atomic mass is 32.2. The molecule has 0 amide bonds. The molecule has 1 atom stereocenters. The number of aryl methyl sites for hydroxylation is 1. The summed E-state index contributed by atoms with van der Waals surface area (Å²) in [6.45, 7) is 7.54. The Hall–Kier alpha value is -5.11. The Balaban J connectivity index is 1.55. The molecule has 3 heterocycles. The maximum atomic E-state index is 14.8. The minimum absolute atomic E-state index is 0.0645. The Bertz CT molecular complexity index is 2170. The summed E-state index contributed by atoms with van der Waals surface area (Å²) in [4.78, 5) is 19.6. The van der Waals surface area contributed by atoms with Crippen LogP contribution in [0.4, 0.5) is 11.4 Å². The highest BCUT2D eigenvalue weighted by Gasteiger charge is 2.40. The minimum atomic E-state index is -4.61. The van der Waals surface area contributed by atoms with Crippen molar-refractivity contribution in [1.29, 1.82) is 5.26 Å². The van der Waals surface area contributed by atoms with Crippen LogP contribution >= 0.6 is 0 Å². The summed E-state index contributed by atoms with van der Waals surface area (Å²) >= 11 is 0. The van der Waals surface area contributed by atoms with Crippen LogP contribution in [0, 0.1) is 21.4 Å². The van der Waals surface area contributed by atoms with Gasteiger partial charge in [-0.3, -0.25) is 14.4 Å². The Morgan fingerprint density at radius 2 is 2.00 bits per heavy atom. The van der Waals surface area contributed by atoms with E-state index in [1.807, 2.05) is 0 Å². The molecule has 1 aliphatic rings. The van der Waals surface area contributed by atoms with Gasteiger partial charge in [0.1, 0.15) is 24.1 Å². The van der Waals surface area contributed by atoms with Gasteiger partial charge in [-0.25, -0.2) is 23.1 Å². The zero-order valence-corrected chi connectivity index (χ0v) is 29.3. The van der Waals surface area contributed by atoms with Crippen molar-refractivity contribution in [3.63, 3.8) is 0 Å².